The van der Waals surface area contributed by atoms with Gasteiger partial charge in [-0.1, -0.05) is 41.0 Å². The first-order valence-corrected chi connectivity index (χ1v) is 13.0. The Morgan fingerprint density at radius 1 is 1.13 bits per heavy atom. The summed E-state index contributed by atoms with van der Waals surface area (Å²) < 4.78 is 16.7. The molecule has 1 heterocycles. The molecule has 204 valence electrons. The van der Waals surface area contributed by atoms with Crippen molar-refractivity contribution in [2.75, 3.05) is 0 Å². The van der Waals surface area contributed by atoms with Crippen LogP contribution >= 0.6 is 11.6 Å². The van der Waals surface area contributed by atoms with Crippen LogP contribution in [0.15, 0.2) is 70.7 Å². The maximum Gasteiger partial charge on any atom is 0.306 e. The number of oxime groups is 1. The molecule has 1 saturated carbocycles. The van der Waals surface area contributed by atoms with Crippen molar-refractivity contribution < 1.29 is 24.3 Å². The number of aliphatic carboxylic acids is 1. The molecule has 1 aliphatic rings. The number of amides is 1. The minimum atomic E-state index is -0.833. The standard InChI is InChI=1S/C29H29ClFN3O5/c1-34-16-19(9-13-27(34)35)26(33-39)15-23(21-4-2-3-5-24(21)30)18-8-12-22(25(31)14-18)28(36)32-20-10-6-17(7-11-20)29(37)38/h2-5,8-9,12-14,16-17,20,23,39H,6-7,10-11,15H2,1H3,(H,32,36)(H,37,38)/b33-26-. The number of carbonyl (C=O) groups excluding carboxylic acids is 1. The molecule has 2 aromatic carbocycles. The number of rotatable bonds is 8. The molecule has 39 heavy (non-hydrogen) atoms. The molecule has 3 aromatic rings. The maximum atomic E-state index is 15.3. The van der Waals surface area contributed by atoms with E-state index in [0.29, 0.717) is 47.4 Å². The summed E-state index contributed by atoms with van der Waals surface area (Å²) in [5, 5.41) is 25.7. The number of pyridine rings is 1. The Morgan fingerprint density at radius 2 is 1.85 bits per heavy atom. The Kier molecular flexibility index (Phi) is 8.81. The lowest BCUT2D eigenvalue weighted by molar-refractivity contribution is -0.142. The highest BCUT2D eigenvalue weighted by atomic mass is 35.5. The summed E-state index contributed by atoms with van der Waals surface area (Å²) in [6, 6.07) is 14.1. The highest BCUT2D eigenvalue weighted by Crippen LogP contribution is 2.35. The number of nitrogens with zero attached hydrogens (tertiary/aromatic N) is 2. The quantitative estimate of drug-likeness (QED) is 0.207. The average molecular weight is 554 g/mol. The largest absolute Gasteiger partial charge is 0.481 e. The van der Waals surface area contributed by atoms with Gasteiger partial charge in [0, 0.05) is 48.3 Å². The minimum absolute atomic E-state index is 0.119. The highest BCUT2D eigenvalue weighted by molar-refractivity contribution is 6.31. The monoisotopic (exact) mass is 553 g/mol. The number of benzene rings is 2. The number of hydrogen-bond acceptors (Lipinski definition) is 5. The van der Waals surface area contributed by atoms with E-state index in [2.05, 4.69) is 10.5 Å². The van der Waals surface area contributed by atoms with Gasteiger partial charge >= 0.3 is 5.97 Å². The molecule has 1 aliphatic carbocycles. The summed E-state index contributed by atoms with van der Waals surface area (Å²) >= 11 is 6.50. The molecule has 3 N–H and O–H groups in total. The molecule has 0 saturated heterocycles. The first kappa shape index (κ1) is 28.0. The summed E-state index contributed by atoms with van der Waals surface area (Å²) in [5.41, 5.74) is 1.65. The van der Waals surface area contributed by atoms with E-state index in [-0.39, 0.29) is 29.3 Å². The molecule has 8 nitrogen and oxygen atoms in total. The van der Waals surface area contributed by atoms with Gasteiger partial charge < -0.3 is 20.2 Å². The molecular formula is C29H29ClFN3O5. The van der Waals surface area contributed by atoms with Crippen molar-refractivity contribution in [3.8, 4) is 0 Å². The van der Waals surface area contributed by atoms with Gasteiger partial charge in [-0.2, -0.15) is 0 Å². The van der Waals surface area contributed by atoms with Crippen molar-refractivity contribution in [2.45, 2.75) is 44.1 Å². The van der Waals surface area contributed by atoms with Crippen molar-refractivity contribution in [3.63, 3.8) is 0 Å². The highest BCUT2D eigenvalue weighted by Gasteiger charge is 2.28. The maximum absolute atomic E-state index is 15.3. The van der Waals surface area contributed by atoms with E-state index in [4.69, 9.17) is 16.7 Å². The topological polar surface area (TPSA) is 121 Å². The van der Waals surface area contributed by atoms with Crippen molar-refractivity contribution >= 4 is 29.2 Å². The van der Waals surface area contributed by atoms with Crippen LogP contribution in [0.3, 0.4) is 0 Å². The lowest BCUT2D eigenvalue weighted by atomic mass is 9.85. The second kappa shape index (κ2) is 12.3. The van der Waals surface area contributed by atoms with Crippen molar-refractivity contribution in [3.05, 3.63) is 104 Å². The van der Waals surface area contributed by atoms with Gasteiger partial charge in [0.15, 0.2) is 0 Å². The predicted octanol–water partition coefficient (Wildman–Crippen LogP) is 4.95. The second-order valence-electron chi connectivity index (χ2n) is 9.79. The van der Waals surface area contributed by atoms with Gasteiger partial charge in [-0.3, -0.25) is 14.4 Å². The molecule has 1 aromatic heterocycles. The Balaban J connectivity index is 1.60. The van der Waals surface area contributed by atoms with Crippen molar-refractivity contribution in [2.24, 2.45) is 18.1 Å². The molecule has 1 atom stereocenters. The molecule has 0 bridgehead atoms. The zero-order valence-corrected chi connectivity index (χ0v) is 22.1. The smallest absolute Gasteiger partial charge is 0.306 e. The van der Waals surface area contributed by atoms with E-state index >= 15 is 4.39 Å². The van der Waals surface area contributed by atoms with E-state index in [1.807, 2.05) is 0 Å². The molecule has 1 unspecified atom stereocenters. The third-order valence-electron chi connectivity index (χ3n) is 7.27. The number of carboxylic acid groups (broad SMARTS) is 1. The summed E-state index contributed by atoms with van der Waals surface area (Å²) in [7, 11) is 1.59. The van der Waals surface area contributed by atoms with Crippen LogP contribution in [0.25, 0.3) is 0 Å². The normalized spacial score (nSPS) is 18.4. The molecule has 0 radical (unpaired) electrons. The zero-order valence-electron chi connectivity index (χ0n) is 21.3. The van der Waals surface area contributed by atoms with Crippen LogP contribution in [0.4, 0.5) is 4.39 Å². The van der Waals surface area contributed by atoms with E-state index < -0.39 is 29.5 Å². The number of hydrogen-bond donors (Lipinski definition) is 3. The van der Waals surface area contributed by atoms with Gasteiger partial charge in [0.25, 0.3) is 5.91 Å². The summed E-state index contributed by atoms with van der Waals surface area (Å²) in [4.78, 5) is 35.9. The molecule has 1 fully saturated rings. The zero-order chi connectivity index (χ0) is 28.1. The molecule has 0 aliphatic heterocycles. The van der Waals surface area contributed by atoms with E-state index in [0.717, 1.165) is 0 Å². The molecule has 1 amide bonds. The summed E-state index contributed by atoms with van der Waals surface area (Å²) in [6.07, 6.45) is 3.66. The Hall–Kier alpha value is -3.98. The van der Waals surface area contributed by atoms with Gasteiger partial charge in [-0.05, 0) is 61.1 Å². The van der Waals surface area contributed by atoms with Crippen LogP contribution in [-0.2, 0) is 11.8 Å². The number of carbonyl (C=O) groups is 2. The molecule has 0 spiro atoms. The van der Waals surface area contributed by atoms with Crippen LogP contribution in [0.5, 0.6) is 0 Å². The minimum Gasteiger partial charge on any atom is -0.481 e. The first-order valence-electron chi connectivity index (χ1n) is 12.6. The van der Waals surface area contributed by atoms with Crippen LogP contribution in [-0.4, -0.2) is 38.5 Å². The SMILES string of the molecule is Cn1cc(/C(CC(c2ccc(C(=O)NC3CCC(C(=O)O)CC3)c(F)c2)c2ccccc2Cl)=N\O)ccc1=O. The van der Waals surface area contributed by atoms with Gasteiger partial charge in [0.1, 0.15) is 5.82 Å². The number of aromatic nitrogens is 1. The van der Waals surface area contributed by atoms with Crippen molar-refractivity contribution in [1.29, 1.82) is 0 Å². The average Bonchev–Trinajstić information content (AvgIpc) is 2.92. The second-order valence-corrected chi connectivity index (χ2v) is 10.2. The summed E-state index contributed by atoms with van der Waals surface area (Å²) in [6.45, 7) is 0. The van der Waals surface area contributed by atoms with E-state index in [1.165, 1.54) is 22.8 Å². The fraction of sp³-hybridized carbons (Fsp3) is 0.310. The van der Waals surface area contributed by atoms with E-state index in [9.17, 15) is 19.6 Å². The number of aryl methyl sites for hydroxylation is 1. The molecular weight excluding hydrogens is 525 g/mol. The summed E-state index contributed by atoms with van der Waals surface area (Å²) in [5.74, 6) is -3.05. The van der Waals surface area contributed by atoms with Crippen LogP contribution in [0.2, 0.25) is 5.02 Å². The Labute approximate surface area is 229 Å². The van der Waals surface area contributed by atoms with E-state index in [1.54, 1.807) is 49.6 Å². The van der Waals surface area contributed by atoms with Gasteiger partial charge in [-0.15, -0.1) is 0 Å². The third kappa shape index (κ3) is 6.54. The lowest BCUT2D eigenvalue weighted by Gasteiger charge is -2.27. The lowest BCUT2D eigenvalue weighted by Crippen LogP contribution is -2.39. The van der Waals surface area contributed by atoms with Crippen molar-refractivity contribution in [1.82, 2.24) is 9.88 Å². The van der Waals surface area contributed by atoms with Gasteiger partial charge in [-0.25, -0.2) is 4.39 Å². The van der Waals surface area contributed by atoms with Gasteiger partial charge in [0.05, 0.1) is 17.2 Å². The third-order valence-corrected chi connectivity index (χ3v) is 7.61. The van der Waals surface area contributed by atoms with Crippen LogP contribution in [0, 0.1) is 11.7 Å². The Morgan fingerprint density at radius 3 is 2.46 bits per heavy atom. The molecule has 10 heteroatoms. The fourth-order valence-electron chi connectivity index (χ4n) is 5.02. The number of carboxylic acids is 1. The fourth-order valence-corrected chi connectivity index (χ4v) is 5.29. The number of nitrogens with one attached hydrogen (secondary N) is 1. The molecule has 4 rings (SSSR count). The predicted molar refractivity (Wildman–Crippen MR) is 145 cm³/mol. The first-order chi connectivity index (χ1) is 18.7. The van der Waals surface area contributed by atoms with Crippen LogP contribution < -0.4 is 10.9 Å². The van der Waals surface area contributed by atoms with Gasteiger partial charge in [0.2, 0.25) is 5.56 Å². The number of halogens is 2. The van der Waals surface area contributed by atoms with Crippen LogP contribution in [0.1, 0.15) is 65.1 Å². The Bertz CT molecular complexity index is 1460.